The lowest BCUT2D eigenvalue weighted by Gasteiger charge is -2.40. The number of anilines is 1. The molecule has 2 unspecified atom stereocenters. The summed E-state index contributed by atoms with van der Waals surface area (Å²) >= 11 is 0. The van der Waals surface area contributed by atoms with E-state index >= 15 is 0 Å². The summed E-state index contributed by atoms with van der Waals surface area (Å²) < 4.78 is 32.1. The van der Waals surface area contributed by atoms with Crippen LogP contribution in [0.25, 0.3) is 11.1 Å². The van der Waals surface area contributed by atoms with Crippen molar-refractivity contribution in [2.24, 2.45) is 17.8 Å². The molecule has 0 radical (unpaired) electrons. The molecule has 3 aromatic carbocycles. The zero-order chi connectivity index (χ0) is 36.6. The van der Waals surface area contributed by atoms with Crippen molar-refractivity contribution in [3.63, 3.8) is 0 Å². The number of fused-ring (bicyclic) bond motifs is 3. The van der Waals surface area contributed by atoms with Gasteiger partial charge in [-0.15, -0.1) is 0 Å². The van der Waals surface area contributed by atoms with Crippen LogP contribution in [0.4, 0.5) is 10.5 Å². The smallest absolute Gasteiger partial charge is 0.409 e. The van der Waals surface area contributed by atoms with Crippen LogP contribution < -0.4 is 10.4 Å². The van der Waals surface area contributed by atoms with Gasteiger partial charge in [-0.25, -0.2) is 18.7 Å². The molecule has 0 aromatic heterocycles. The summed E-state index contributed by atoms with van der Waals surface area (Å²) in [7, 11) is -4.28. The number of nitrogens with zero attached hydrogens (tertiary/aromatic N) is 3. The van der Waals surface area contributed by atoms with E-state index in [0.717, 1.165) is 60.3 Å². The van der Waals surface area contributed by atoms with Gasteiger partial charge in [0.1, 0.15) is 6.61 Å². The van der Waals surface area contributed by atoms with E-state index < -0.39 is 26.6 Å². The normalized spacial score (nSPS) is 22.0. The van der Waals surface area contributed by atoms with Crippen LogP contribution >= 0.6 is 0 Å². The molecule has 1 aliphatic carbocycles. The number of carbonyl (C=O) groups is 3. The van der Waals surface area contributed by atoms with Crippen LogP contribution in [0.1, 0.15) is 64.4 Å². The maximum absolute atomic E-state index is 14.2. The van der Waals surface area contributed by atoms with E-state index in [1.54, 1.807) is 17.6 Å². The summed E-state index contributed by atoms with van der Waals surface area (Å²) in [6.07, 6.45) is 1.63. The van der Waals surface area contributed by atoms with E-state index in [-0.39, 0.29) is 56.6 Å². The molecule has 3 amide bonds. The molecule has 3 aliphatic heterocycles. The summed E-state index contributed by atoms with van der Waals surface area (Å²) in [5.74, 6) is 0.122. The SMILES string of the molecule is CC1CC(C)CN(C(=O)C2CCN(c3ccc(S(=O)(=O)C4(C(=O)NO)CCN(C(=O)OCC5c6ccccc6-c6ccccc65)CC4)cc3)CC2)C1.[HH]. The van der Waals surface area contributed by atoms with Crippen LogP contribution in [0.15, 0.2) is 77.7 Å². The maximum atomic E-state index is 14.2. The van der Waals surface area contributed by atoms with Crippen molar-refractivity contribution in [2.45, 2.75) is 61.5 Å². The quantitative estimate of drug-likeness (QED) is 0.233. The molecule has 2 N–H and O–H groups in total. The van der Waals surface area contributed by atoms with Crippen LogP contribution in [-0.4, -0.2) is 92.0 Å². The second-order valence-electron chi connectivity index (χ2n) is 15.2. The van der Waals surface area contributed by atoms with Crippen molar-refractivity contribution in [1.29, 1.82) is 0 Å². The Kier molecular flexibility index (Phi) is 10.1. The van der Waals surface area contributed by atoms with Crippen molar-refractivity contribution >= 4 is 33.4 Å². The van der Waals surface area contributed by atoms with Crippen molar-refractivity contribution in [1.82, 2.24) is 15.3 Å². The van der Waals surface area contributed by atoms with Gasteiger partial charge in [0.15, 0.2) is 14.6 Å². The molecule has 3 aromatic rings. The minimum Gasteiger partial charge on any atom is -0.448 e. The molecule has 0 saturated carbocycles. The molecule has 12 heteroatoms. The zero-order valence-corrected chi connectivity index (χ0v) is 30.7. The maximum Gasteiger partial charge on any atom is 0.409 e. The molecule has 0 bridgehead atoms. The van der Waals surface area contributed by atoms with E-state index in [2.05, 4.69) is 30.9 Å². The van der Waals surface area contributed by atoms with Crippen LogP contribution in [0.5, 0.6) is 0 Å². The molecule has 3 heterocycles. The van der Waals surface area contributed by atoms with Crippen LogP contribution in [0.2, 0.25) is 0 Å². The molecule has 0 spiro atoms. The van der Waals surface area contributed by atoms with E-state index in [9.17, 15) is 28.0 Å². The Hall–Kier alpha value is -4.42. The monoisotopic (exact) mass is 730 g/mol. The fourth-order valence-electron chi connectivity index (χ4n) is 9.00. The van der Waals surface area contributed by atoms with Gasteiger partial charge in [-0.1, -0.05) is 62.4 Å². The molecule has 52 heavy (non-hydrogen) atoms. The number of hydroxylamine groups is 1. The average molecular weight is 731 g/mol. The van der Waals surface area contributed by atoms with Crippen molar-refractivity contribution in [3.8, 4) is 11.1 Å². The van der Waals surface area contributed by atoms with Crippen molar-refractivity contribution in [3.05, 3.63) is 83.9 Å². The number of nitrogens with one attached hydrogen (secondary N) is 1. The third kappa shape index (κ3) is 6.55. The van der Waals surface area contributed by atoms with Gasteiger partial charge in [0, 0.05) is 58.2 Å². The number of amides is 3. The number of carbonyl (C=O) groups excluding carboxylic acids is 3. The lowest BCUT2D eigenvalue weighted by atomic mass is 9.89. The number of piperidine rings is 3. The molecular weight excluding hydrogens is 681 g/mol. The third-order valence-corrected chi connectivity index (χ3v) is 14.2. The number of hydrogen-bond donors (Lipinski definition) is 2. The topological polar surface area (TPSA) is 137 Å². The van der Waals surface area contributed by atoms with E-state index in [4.69, 9.17) is 4.74 Å². The predicted octanol–water partition coefficient (Wildman–Crippen LogP) is 5.72. The number of benzene rings is 3. The van der Waals surface area contributed by atoms with Crippen LogP contribution in [0.3, 0.4) is 0 Å². The van der Waals surface area contributed by atoms with Gasteiger partial charge in [0.05, 0.1) is 4.90 Å². The predicted molar refractivity (Wildman–Crippen MR) is 199 cm³/mol. The Labute approximate surface area is 307 Å². The highest BCUT2D eigenvalue weighted by atomic mass is 32.2. The molecule has 7 rings (SSSR count). The van der Waals surface area contributed by atoms with Gasteiger partial charge in [0.2, 0.25) is 5.91 Å². The first-order chi connectivity index (χ1) is 25.0. The van der Waals surface area contributed by atoms with Gasteiger partial charge < -0.3 is 19.4 Å². The summed E-state index contributed by atoms with van der Waals surface area (Å²) in [6.45, 7) is 7.47. The standard InChI is InChI=1S/C40H48N4O7S.H2/c1-27-23-28(2)25-44(24-27)37(45)29-15-19-42(20-16-29)30-11-13-31(14-12-30)52(49,50)40(38(46)41-48)17-21-43(22-18-40)39(47)51-26-36-34-9-5-3-7-32(34)33-8-4-6-10-35(33)36;/h3-14,27-29,36,48H,15-26H2,1-2H3,(H,41,46);1H. The third-order valence-electron chi connectivity index (χ3n) is 11.7. The molecular formula is C40H50N4O7S. The number of likely N-dealkylation sites (tertiary alicyclic amines) is 2. The fourth-order valence-corrected chi connectivity index (χ4v) is 11.0. The largest absolute Gasteiger partial charge is 0.448 e. The van der Waals surface area contributed by atoms with Crippen LogP contribution in [-0.2, 0) is 24.2 Å². The molecule has 3 saturated heterocycles. The van der Waals surface area contributed by atoms with Gasteiger partial charge >= 0.3 is 6.09 Å². The van der Waals surface area contributed by atoms with Gasteiger partial charge in [-0.3, -0.25) is 14.8 Å². The second kappa shape index (κ2) is 14.5. The van der Waals surface area contributed by atoms with Crippen LogP contribution in [0, 0.1) is 17.8 Å². The first-order valence-electron chi connectivity index (χ1n) is 18.5. The summed E-state index contributed by atoms with van der Waals surface area (Å²) in [5, 5.41) is 9.68. The highest BCUT2D eigenvalue weighted by Gasteiger charge is 2.53. The summed E-state index contributed by atoms with van der Waals surface area (Å²) in [4.78, 5) is 45.3. The Bertz CT molecular complexity index is 1870. The van der Waals surface area contributed by atoms with Gasteiger partial charge in [0.25, 0.3) is 5.91 Å². The van der Waals surface area contributed by atoms with E-state index in [0.29, 0.717) is 24.9 Å². The van der Waals surface area contributed by atoms with Gasteiger partial charge in [-0.05, 0) is 90.5 Å². The minimum atomic E-state index is -4.28. The molecule has 4 aliphatic rings. The van der Waals surface area contributed by atoms with E-state index in [1.165, 1.54) is 17.0 Å². The number of hydrogen-bond acceptors (Lipinski definition) is 8. The Morgan fingerprint density at radius 2 is 1.38 bits per heavy atom. The Balaban J connectivity index is 0.00000481. The highest BCUT2D eigenvalue weighted by Crippen LogP contribution is 2.45. The Morgan fingerprint density at radius 3 is 1.94 bits per heavy atom. The molecule has 3 fully saturated rings. The highest BCUT2D eigenvalue weighted by molar-refractivity contribution is 7.93. The number of rotatable bonds is 7. The number of sulfone groups is 1. The molecule has 278 valence electrons. The first kappa shape index (κ1) is 36.0. The second-order valence-corrected chi connectivity index (χ2v) is 17.4. The van der Waals surface area contributed by atoms with E-state index in [1.807, 2.05) is 41.3 Å². The summed E-state index contributed by atoms with van der Waals surface area (Å²) in [6, 6.07) is 22.6. The van der Waals surface area contributed by atoms with Crippen molar-refractivity contribution in [2.75, 3.05) is 50.8 Å². The lowest BCUT2D eigenvalue weighted by molar-refractivity contribution is -0.139. The average Bonchev–Trinajstić information content (AvgIpc) is 3.49. The zero-order valence-electron chi connectivity index (χ0n) is 29.9. The summed E-state index contributed by atoms with van der Waals surface area (Å²) in [5.41, 5.74) is 6.83. The molecule has 11 nitrogen and oxygen atoms in total. The first-order valence-corrected chi connectivity index (χ1v) is 19.9. The minimum absolute atomic E-state index is 0. The molecule has 2 atom stereocenters. The Morgan fingerprint density at radius 1 is 0.827 bits per heavy atom. The van der Waals surface area contributed by atoms with Crippen molar-refractivity contribution < 1.29 is 34.2 Å². The fraction of sp³-hybridized carbons (Fsp3) is 0.475. The number of ether oxygens (including phenoxy) is 1. The lowest BCUT2D eigenvalue weighted by Crippen LogP contribution is -2.58. The van der Waals surface area contributed by atoms with Gasteiger partial charge in [-0.2, -0.15) is 0 Å².